The predicted molar refractivity (Wildman–Crippen MR) is 75.9 cm³/mol. The van der Waals surface area contributed by atoms with Crippen LogP contribution in [0.25, 0.3) is 0 Å². The second-order valence-electron chi connectivity index (χ2n) is 5.82. The molecular weight excluding hydrogens is 276 g/mol. The van der Waals surface area contributed by atoms with Crippen molar-refractivity contribution < 1.29 is 18.7 Å². The minimum absolute atomic E-state index is 0.260. The minimum Gasteiger partial charge on any atom is -0.481 e. The average Bonchev–Trinajstić information content (AvgIpc) is 2.49. The maximum Gasteiger partial charge on any atom is 0.309 e. The molecule has 0 saturated carbocycles. The minimum atomic E-state index is -0.755. The number of carboxylic acid groups (broad SMARTS) is 1. The highest BCUT2D eigenvalue weighted by atomic mass is 19.1. The molecule has 116 valence electrons. The molecule has 0 amide bonds. The quantitative estimate of drug-likeness (QED) is 0.923. The first-order chi connectivity index (χ1) is 9.89. The molecule has 0 spiro atoms. The van der Waals surface area contributed by atoms with Gasteiger partial charge in [-0.2, -0.15) is 0 Å². The first-order valence-electron chi connectivity index (χ1n) is 7.32. The van der Waals surface area contributed by atoms with E-state index >= 15 is 0 Å². The Morgan fingerprint density at radius 2 is 2.00 bits per heavy atom. The SMILES string of the molecule is CCC1(C(=O)O)CCN(C(C)c2cc(F)ccc2F)CC1. The number of likely N-dealkylation sites (tertiary alicyclic amines) is 1. The largest absolute Gasteiger partial charge is 0.481 e. The summed E-state index contributed by atoms with van der Waals surface area (Å²) < 4.78 is 27.1. The molecule has 0 radical (unpaired) electrons. The van der Waals surface area contributed by atoms with Gasteiger partial charge in [0.05, 0.1) is 5.41 Å². The molecule has 0 bridgehead atoms. The number of hydrogen-bond acceptors (Lipinski definition) is 2. The number of nitrogens with zero attached hydrogens (tertiary/aromatic N) is 1. The molecule has 1 aliphatic rings. The van der Waals surface area contributed by atoms with Crippen LogP contribution in [0.15, 0.2) is 18.2 Å². The van der Waals surface area contributed by atoms with Gasteiger partial charge in [-0.1, -0.05) is 6.92 Å². The Hall–Kier alpha value is -1.49. The Morgan fingerprint density at radius 3 is 2.52 bits per heavy atom. The van der Waals surface area contributed by atoms with Gasteiger partial charge in [0, 0.05) is 11.6 Å². The first kappa shape index (κ1) is 15.9. The van der Waals surface area contributed by atoms with Crippen molar-refractivity contribution in [1.29, 1.82) is 0 Å². The molecule has 2 rings (SSSR count). The van der Waals surface area contributed by atoms with Crippen LogP contribution in [0.3, 0.4) is 0 Å². The number of rotatable bonds is 4. The van der Waals surface area contributed by atoms with Crippen molar-refractivity contribution in [3.05, 3.63) is 35.4 Å². The van der Waals surface area contributed by atoms with E-state index in [9.17, 15) is 18.7 Å². The lowest BCUT2D eigenvalue weighted by molar-refractivity contribution is -0.152. The lowest BCUT2D eigenvalue weighted by atomic mass is 9.76. The van der Waals surface area contributed by atoms with Gasteiger partial charge in [-0.3, -0.25) is 9.69 Å². The van der Waals surface area contributed by atoms with Gasteiger partial charge in [-0.25, -0.2) is 8.78 Å². The second kappa shape index (κ2) is 6.10. The fourth-order valence-electron chi connectivity index (χ4n) is 3.09. The highest BCUT2D eigenvalue weighted by Crippen LogP contribution is 2.38. The van der Waals surface area contributed by atoms with Crippen LogP contribution in [0.5, 0.6) is 0 Å². The Kier molecular flexibility index (Phi) is 4.61. The number of carboxylic acids is 1. The van der Waals surface area contributed by atoms with Crippen LogP contribution in [-0.4, -0.2) is 29.1 Å². The molecule has 1 aromatic rings. The summed E-state index contributed by atoms with van der Waals surface area (Å²) in [5.74, 6) is -1.63. The van der Waals surface area contributed by atoms with Gasteiger partial charge in [-0.15, -0.1) is 0 Å². The van der Waals surface area contributed by atoms with E-state index in [1.54, 1.807) is 0 Å². The van der Waals surface area contributed by atoms with E-state index in [1.165, 1.54) is 6.07 Å². The van der Waals surface area contributed by atoms with Crippen LogP contribution in [0.2, 0.25) is 0 Å². The summed E-state index contributed by atoms with van der Waals surface area (Å²) in [6.45, 7) is 4.88. The van der Waals surface area contributed by atoms with Crippen LogP contribution in [0, 0.1) is 17.0 Å². The van der Waals surface area contributed by atoms with Crippen molar-refractivity contribution in [2.75, 3.05) is 13.1 Å². The molecule has 1 heterocycles. The fraction of sp³-hybridized carbons (Fsp3) is 0.562. The summed E-state index contributed by atoms with van der Waals surface area (Å²) in [5, 5.41) is 9.38. The Bertz CT molecular complexity index is 525. The molecule has 1 aromatic carbocycles. The Balaban J connectivity index is 2.11. The van der Waals surface area contributed by atoms with Crippen LogP contribution < -0.4 is 0 Å². The van der Waals surface area contributed by atoms with Gasteiger partial charge in [0.15, 0.2) is 0 Å². The van der Waals surface area contributed by atoms with E-state index in [0.29, 0.717) is 37.9 Å². The number of halogens is 2. The standard InChI is InChI=1S/C16H21F2NO2/c1-3-16(15(20)21)6-8-19(9-7-16)11(2)13-10-12(17)4-5-14(13)18/h4-5,10-11H,3,6-9H2,1-2H3,(H,20,21). The first-order valence-corrected chi connectivity index (χ1v) is 7.32. The highest BCUT2D eigenvalue weighted by Gasteiger charge is 2.40. The number of aliphatic carboxylic acids is 1. The maximum absolute atomic E-state index is 13.8. The molecule has 5 heteroatoms. The zero-order valence-corrected chi connectivity index (χ0v) is 12.4. The summed E-state index contributed by atoms with van der Waals surface area (Å²) >= 11 is 0. The van der Waals surface area contributed by atoms with E-state index in [2.05, 4.69) is 0 Å². The second-order valence-corrected chi connectivity index (χ2v) is 5.82. The van der Waals surface area contributed by atoms with Crippen molar-refractivity contribution >= 4 is 5.97 Å². The van der Waals surface area contributed by atoms with Crippen LogP contribution in [0.4, 0.5) is 8.78 Å². The van der Waals surface area contributed by atoms with Crippen molar-refractivity contribution in [3.8, 4) is 0 Å². The molecule has 1 unspecified atom stereocenters. The maximum atomic E-state index is 13.8. The molecule has 1 fully saturated rings. The third-order valence-electron chi connectivity index (χ3n) is 4.84. The molecule has 1 N–H and O–H groups in total. The zero-order valence-electron chi connectivity index (χ0n) is 12.4. The van der Waals surface area contributed by atoms with Crippen molar-refractivity contribution in [2.24, 2.45) is 5.41 Å². The lowest BCUT2D eigenvalue weighted by Crippen LogP contribution is -2.45. The van der Waals surface area contributed by atoms with E-state index in [1.807, 2.05) is 18.7 Å². The molecule has 1 atom stereocenters. The smallest absolute Gasteiger partial charge is 0.309 e. The summed E-state index contributed by atoms with van der Waals surface area (Å²) in [6.07, 6.45) is 1.68. The van der Waals surface area contributed by atoms with E-state index in [0.717, 1.165) is 12.1 Å². The normalized spacial score (nSPS) is 20.2. The van der Waals surface area contributed by atoms with E-state index in [-0.39, 0.29) is 6.04 Å². The van der Waals surface area contributed by atoms with Crippen molar-refractivity contribution in [2.45, 2.75) is 39.2 Å². The number of benzene rings is 1. The van der Waals surface area contributed by atoms with Gasteiger partial charge in [-0.05, 0) is 57.5 Å². The molecular formula is C16H21F2NO2. The van der Waals surface area contributed by atoms with Crippen molar-refractivity contribution in [3.63, 3.8) is 0 Å². The van der Waals surface area contributed by atoms with Gasteiger partial charge in [0.2, 0.25) is 0 Å². The molecule has 1 saturated heterocycles. The van der Waals surface area contributed by atoms with Crippen molar-refractivity contribution in [1.82, 2.24) is 4.90 Å². The van der Waals surface area contributed by atoms with Gasteiger partial charge >= 0.3 is 5.97 Å². The van der Waals surface area contributed by atoms with Crippen LogP contribution in [-0.2, 0) is 4.79 Å². The summed E-state index contributed by atoms with van der Waals surface area (Å²) in [5.41, 5.74) is -0.342. The highest BCUT2D eigenvalue weighted by molar-refractivity contribution is 5.74. The summed E-state index contributed by atoms with van der Waals surface area (Å²) in [7, 11) is 0. The molecule has 21 heavy (non-hydrogen) atoms. The van der Waals surface area contributed by atoms with E-state index < -0.39 is 23.0 Å². The van der Waals surface area contributed by atoms with Gasteiger partial charge in [0.25, 0.3) is 0 Å². The lowest BCUT2D eigenvalue weighted by Gasteiger charge is -2.41. The summed E-state index contributed by atoms with van der Waals surface area (Å²) in [6, 6.07) is 3.20. The monoisotopic (exact) mass is 297 g/mol. The molecule has 3 nitrogen and oxygen atoms in total. The fourth-order valence-corrected chi connectivity index (χ4v) is 3.09. The number of hydrogen-bond donors (Lipinski definition) is 1. The number of carbonyl (C=O) groups is 1. The topological polar surface area (TPSA) is 40.5 Å². The third kappa shape index (κ3) is 3.07. The van der Waals surface area contributed by atoms with Gasteiger partial charge < -0.3 is 5.11 Å². The number of piperidine rings is 1. The zero-order chi connectivity index (χ0) is 15.6. The predicted octanol–water partition coefficient (Wildman–Crippen LogP) is 3.60. The molecule has 0 aromatic heterocycles. The summed E-state index contributed by atoms with van der Waals surface area (Å²) in [4.78, 5) is 13.4. The molecule has 0 aliphatic carbocycles. The molecule has 1 aliphatic heterocycles. The average molecular weight is 297 g/mol. The Morgan fingerprint density at radius 1 is 1.38 bits per heavy atom. The van der Waals surface area contributed by atoms with E-state index in [4.69, 9.17) is 0 Å². The van der Waals surface area contributed by atoms with Gasteiger partial charge in [0.1, 0.15) is 11.6 Å². The Labute approximate surface area is 123 Å². The third-order valence-corrected chi connectivity index (χ3v) is 4.84. The van der Waals surface area contributed by atoms with Crippen LogP contribution >= 0.6 is 0 Å². The van der Waals surface area contributed by atoms with Crippen LogP contribution in [0.1, 0.15) is 44.7 Å².